The fraction of sp³-hybridized carbons (Fsp3) is 0.500. The molecule has 0 saturated heterocycles. The van der Waals surface area contributed by atoms with E-state index in [0.29, 0.717) is 0 Å². The number of hydrogen-bond acceptors (Lipinski definition) is 1. The van der Waals surface area contributed by atoms with E-state index >= 15 is 0 Å². The Morgan fingerprint density at radius 3 is 3.00 bits per heavy atom. The SMILES string of the molecule is CCc1ccc(Br)c2c1[C@@H](N)CCC2. The molecule has 0 radical (unpaired) electrons. The zero-order chi connectivity index (χ0) is 10.1. The maximum Gasteiger partial charge on any atom is 0.0300 e. The van der Waals surface area contributed by atoms with Crippen LogP contribution in [0.1, 0.15) is 42.5 Å². The van der Waals surface area contributed by atoms with E-state index in [4.69, 9.17) is 5.73 Å². The molecule has 0 amide bonds. The van der Waals surface area contributed by atoms with Crippen LogP contribution in [0.3, 0.4) is 0 Å². The van der Waals surface area contributed by atoms with E-state index in [-0.39, 0.29) is 6.04 Å². The van der Waals surface area contributed by atoms with Gasteiger partial charge in [0.25, 0.3) is 0 Å². The van der Waals surface area contributed by atoms with Crippen molar-refractivity contribution in [3.8, 4) is 0 Å². The van der Waals surface area contributed by atoms with Gasteiger partial charge in [0.05, 0.1) is 0 Å². The van der Waals surface area contributed by atoms with Crippen molar-refractivity contribution in [3.63, 3.8) is 0 Å². The first-order chi connectivity index (χ1) is 6.74. The van der Waals surface area contributed by atoms with E-state index in [1.165, 1.54) is 34.0 Å². The van der Waals surface area contributed by atoms with Crippen molar-refractivity contribution in [2.75, 3.05) is 0 Å². The van der Waals surface area contributed by atoms with Crippen LogP contribution in [0.2, 0.25) is 0 Å². The standard InChI is InChI=1S/C12H16BrN/c1-2-8-6-7-10(13)9-4-3-5-11(14)12(8)9/h6-7,11H,2-5,14H2,1H3/t11-/m0/s1. The third-order valence-electron chi connectivity index (χ3n) is 3.08. The number of aryl methyl sites for hydroxylation is 1. The minimum absolute atomic E-state index is 0.256. The van der Waals surface area contributed by atoms with Gasteiger partial charge in [0.2, 0.25) is 0 Å². The average Bonchev–Trinajstić information content (AvgIpc) is 2.20. The van der Waals surface area contributed by atoms with Crippen molar-refractivity contribution >= 4 is 15.9 Å². The number of nitrogens with two attached hydrogens (primary N) is 1. The second-order valence-corrected chi connectivity index (χ2v) is 4.81. The molecule has 1 aliphatic rings. The highest BCUT2D eigenvalue weighted by Crippen LogP contribution is 2.35. The molecule has 14 heavy (non-hydrogen) atoms. The lowest BCUT2D eigenvalue weighted by Gasteiger charge is -2.26. The molecule has 2 rings (SSSR count). The Labute approximate surface area is 93.8 Å². The number of halogens is 1. The average molecular weight is 254 g/mol. The van der Waals surface area contributed by atoms with Gasteiger partial charge in [0.1, 0.15) is 0 Å². The Morgan fingerprint density at radius 1 is 1.50 bits per heavy atom. The van der Waals surface area contributed by atoms with Crippen LogP contribution in [-0.2, 0) is 12.8 Å². The van der Waals surface area contributed by atoms with Gasteiger partial charge in [-0.15, -0.1) is 0 Å². The summed E-state index contributed by atoms with van der Waals surface area (Å²) in [5.41, 5.74) is 10.5. The molecular formula is C12H16BrN. The second-order valence-electron chi connectivity index (χ2n) is 3.95. The lowest BCUT2D eigenvalue weighted by atomic mass is 9.84. The molecule has 2 heteroatoms. The van der Waals surface area contributed by atoms with E-state index in [1.807, 2.05) is 0 Å². The van der Waals surface area contributed by atoms with Crippen molar-refractivity contribution < 1.29 is 0 Å². The van der Waals surface area contributed by atoms with Crippen molar-refractivity contribution in [1.82, 2.24) is 0 Å². The first-order valence-corrected chi connectivity index (χ1v) is 6.09. The summed E-state index contributed by atoms with van der Waals surface area (Å²) in [6.45, 7) is 2.20. The van der Waals surface area contributed by atoms with E-state index in [0.717, 1.165) is 12.8 Å². The summed E-state index contributed by atoms with van der Waals surface area (Å²) < 4.78 is 1.24. The van der Waals surface area contributed by atoms with Gasteiger partial charge in [0, 0.05) is 10.5 Å². The van der Waals surface area contributed by atoms with Gasteiger partial charge in [-0.25, -0.2) is 0 Å². The molecule has 0 aromatic heterocycles. The molecule has 1 nitrogen and oxygen atoms in total. The monoisotopic (exact) mass is 253 g/mol. The molecule has 2 N–H and O–H groups in total. The van der Waals surface area contributed by atoms with Crippen molar-refractivity contribution in [1.29, 1.82) is 0 Å². The summed E-state index contributed by atoms with van der Waals surface area (Å²) in [7, 11) is 0. The minimum Gasteiger partial charge on any atom is -0.324 e. The van der Waals surface area contributed by atoms with Crippen LogP contribution in [0.15, 0.2) is 16.6 Å². The Morgan fingerprint density at radius 2 is 2.29 bits per heavy atom. The van der Waals surface area contributed by atoms with Gasteiger partial charge in [-0.3, -0.25) is 0 Å². The van der Waals surface area contributed by atoms with Crippen LogP contribution in [0.5, 0.6) is 0 Å². The molecule has 1 aromatic rings. The van der Waals surface area contributed by atoms with Crippen LogP contribution in [0.4, 0.5) is 0 Å². The molecule has 0 aliphatic heterocycles. The van der Waals surface area contributed by atoms with Crippen LogP contribution >= 0.6 is 15.9 Å². The van der Waals surface area contributed by atoms with E-state index in [2.05, 4.69) is 35.0 Å². The highest BCUT2D eigenvalue weighted by atomic mass is 79.9. The summed E-state index contributed by atoms with van der Waals surface area (Å²) in [6, 6.07) is 4.62. The molecule has 1 atom stereocenters. The number of benzene rings is 1. The lowest BCUT2D eigenvalue weighted by molar-refractivity contribution is 0.564. The first-order valence-electron chi connectivity index (χ1n) is 5.29. The molecule has 0 heterocycles. The summed E-state index contributed by atoms with van der Waals surface area (Å²) in [4.78, 5) is 0. The molecule has 1 aliphatic carbocycles. The zero-order valence-electron chi connectivity index (χ0n) is 8.52. The zero-order valence-corrected chi connectivity index (χ0v) is 10.1. The van der Waals surface area contributed by atoms with Gasteiger partial charge < -0.3 is 5.73 Å². The van der Waals surface area contributed by atoms with Gasteiger partial charge in [0.15, 0.2) is 0 Å². The predicted octanol–water partition coefficient (Wildman–Crippen LogP) is 3.35. The van der Waals surface area contributed by atoms with Crippen LogP contribution < -0.4 is 5.73 Å². The van der Waals surface area contributed by atoms with Gasteiger partial charge >= 0.3 is 0 Å². The van der Waals surface area contributed by atoms with Gasteiger partial charge in [-0.2, -0.15) is 0 Å². The Kier molecular flexibility index (Phi) is 2.93. The lowest BCUT2D eigenvalue weighted by Crippen LogP contribution is -2.19. The molecular weight excluding hydrogens is 238 g/mol. The number of hydrogen-bond donors (Lipinski definition) is 1. The van der Waals surface area contributed by atoms with Crippen molar-refractivity contribution in [2.24, 2.45) is 5.73 Å². The molecule has 1 aromatic carbocycles. The molecule has 76 valence electrons. The quantitative estimate of drug-likeness (QED) is 0.817. The van der Waals surface area contributed by atoms with E-state index in [9.17, 15) is 0 Å². The Hall–Kier alpha value is -0.340. The topological polar surface area (TPSA) is 26.0 Å². The molecule has 0 saturated carbocycles. The maximum absolute atomic E-state index is 6.17. The normalized spacial score (nSPS) is 20.6. The second kappa shape index (κ2) is 4.03. The summed E-state index contributed by atoms with van der Waals surface area (Å²) >= 11 is 3.62. The van der Waals surface area contributed by atoms with Crippen molar-refractivity contribution in [2.45, 2.75) is 38.6 Å². The highest BCUT2D eigenvalue weighted by Gasteiger charge is 2.21. The molecule has 0 bridgehead atoms. The van der Waals surface area contributed by atoms with Crippen LogP contribution in [0.25, 0.3) is 0 Å². The van der Waals surface area contributed by atoms with E-state index < -0.39 is 0 Å². The maximum atomic E-state index is 6.17. The predicted molar refractivity (Wildman–Crippen MR) is 63.4 cm³/mol. The van der Waals surface area contributed by atoms with Gasteiger partial charge in [-0.1, -0.05) is 28.9 Å². The first kappa shape index (κ1) is 10.2. The molecule has 0 fully saturated rings. The number of rotatable bonds is 1. The Balaban J connectivity index is 2.58. The summed E-state index contributed by atoms with van der Waals surface area (Å²) in [5.74, 6) is 0. The number of fused-ring (bicyclic) bond motifs is 1. The third kappa shape index (κ3) is 1.61. The molecule has 0 unspecified atom stereocenters. The molecule has 0 spiro atoms. The smallest absolute Gasteiger partial charge is 0.0300 e. The third-order valence-corrected chi connectivity index (χ3v) is 3.83. The van der Waals surface area contributed by atoms with Gasteiger partial charge in [-0.05, 0) is 48.4 Å². The fourth-order valence-electron chi connectivity index (χ4n) is 2.35. The largest absolute Gasteiger partial charge is 0.324 e. The minimum atomic E-state index is 0.256. The van der Waals surface area contributed by atoms with Crippen molar-refractivity contribution in [3.05, 3.63) is 33.3 Å². The fourth-order valence-corrected chi connectivity index (χ4v) is 2.90. The van der Waals surface area contributed by atoms with Crippen LogP contribution in [0, 0.1) is 0 Å². The summed E-state index contributed by atoms with van der Waals surface area (Å²) in [6.07, 6.45) is 4.62. The van der Waals surface area contributed by atoms with E-state index in [1.54, 1.807) is 0 Å². The summed E-state index contributed by atoms with van der Waals surface area (Å²) in [5, 5.41) is 0. The Bertz CT molecular complexity index is 346. The van der Waals surface area contributed by atoms with Crippen LogP contribution in [-0.4, -0.2) is 0 Å². The highest BCUT2D eigenvalue weighted by molar-refractivity contribution is 9.10.